The van der Waals surface area contributed by atoms with Crippen molar-refractivity contribution in [1.82, 2.24) is 0 Å². The first-order chi connectivity index (χ1) is 10.2. The van der Waals surface area contributed by atoms with Gasteiger partial charge >= 0.3 is 0 Å². The van der Waals surface area contributed by atoms with Crippen LogP contribution in [0.15, 0.2) is 84.9 Å². The highest BCUT2D eigenvalue weighted by molar-refractivity contribution is 7.10. The topological polar surface area (TPSA) is 0 Å². The highest BCUT2D eigenvalue weighted by Gasteiger charge is 2.33. The van der Waals surface area contributed by atoms with Crippen molar-refractivity contribution in [2.75, 3.05) is 0 Å². The molecule has 0 aromatic heterocycles. The van der Waals surface area contributed by atoms with Crippen LogP contribution in [0.1, 0.15) is 0 Å². The molecule has 21 heavy (non-hydrogen) atoms. The van der Waals surface area contributed by atoms with Crippen LogP contribution in [-0.2, 0) is 0 Å². The molecule has 3 aromatic carbocycles. The molecule has 0 aliphatic carbocycles. The van der Waals surface area contributed by atoms with Crippen molar-refractivity contribution in [1.29, 1.82) is 0 Å². The van der Waals surface area contributed by atoms with Crippen molar-refractivity contribution in [3.05, 3.63) is 90.0 Å². The summed E-state index contributed by atoms with van der Waals surface area (Å²) in [7, 11) is -1.99. The third-order valence-corrected chi connectivity index (χ3v) is 8.78. The molecule has 0 aliphatic rings. The zero-order valence-electron chi connectivity index (χ0n) is 12.0. The first kappa shape index (κ1) is 14.1. The molecule has 0 aliphatic heterocycles. The minimum atomic E-state index is -1.99. The number of halogens is 1. The van der Waals surface area contributed by atoms with E-state index in [9.17, 15) is 0 Å². The van der Waals surface area contributed by atoms with Crippen molar-refractivity contribution in [3.8, 4) is 0 Å². The molecule has 0 N–H and O–H groups in total. The van der Waals surface area contributed by atoms with Crippen LogP contribution >= 0.6 is 11.6 Å². The molecular weight excluding hydrogens is 292 g/mol. The fraction of sp³-hybridized carbons (Fsp3) is 0.0526. The Morgan fingerprint density at radius 2 is 1.10 bits per heavy atom. The van der Waals surface area contributed by atoms with E-state index in [1.54, 1.807) is 0 Å². The molecule has 0 atom stereocenters. The lowest BCUT2D eigenvalue weighted by molar-refractivity contribution is 1.66. The first-order valence-corrected chi connectivity index (χ1v) is 9.96. The van der Waals surface area contributed by atoms with E-state index < -0.39 is 8.07 Å². The maximum Gasteiger partial charge on any atom is 0.145 e. The van der Waals surface area contributed by atoms with Gasteiger partial charge in [0.2, 0.25) is 0 Å². The summed E-state index contributed by atoms with van der Waals surface area (Å²) >= 11 is 6.25. The Bertz CT molecular complexity index is 683. The fourth-order valence-corrected chi connectivity index (χ4v) is 6.72. The second-order valence-corrected chi connectivity index (χ2v) is 9.79. The normalized spacial score (nSPS) is 11.3. The van der Waals surface area contributed by atoms with Gasteiger partial charge in [-0.15, -0.1) is 0 Å². The van der Waals surface area contributed by atoms with Gasteiger partial charge in [-0.1, -0.05) is 90.9 Å². The van der Waals surface area contributed by atoms with E-state index in [-0.39, 0.29) is 0 Å². The highest BCUT2D eigenvalue weighted by Crippen LogP contribution is 2.11. The second kappa shape index (κ2) is 5.88. The van der Waals surface area contributed by atoms with Gasteiger partial charge in [0.15, 0.2) is 0 Å². The summed E-state index contributed by atoms with van der Waals surface area (Å²) in [6.07, 6.45) is 0. The predicted molar refractivity (Wildman–Crippen MR) is 94.9 cm³/mol. The average Bonchev–Trinajstić information content (AvgIpc) is 2.56. The predicted octanol–water partition coefficient (Wildman–Crippen LogP) is 3.44. The van der Waals surface area contributed by atoms with Crippen LogP contribution in [0.3, 0.4) is 0 Å². The smallest absolute Gasteiger partial charge is 0.0843 e. The zero-order valence-corrected chi connectivity index (χ0v) is 13.7. The average molecular weight is 309 g/mol. The van der Waals surface area contributed by atoms with Gasteiger partial charge in [0.05, 0.1) is 0 Å². The zero-order chi connectivity index (χ0) is 14.7. The summed E-state index contributed by atoms with van der Waals surface area (Å²) in [4.78, 5) is 0. The Kier molecular flexibility index (Phi) is 3.96. The van der Waals surface area contributed by atoms with E-state index in [0.717, 1.165) is 5.02 Å². The van der Waals surface area contributed by atoms with Crippen molar-refractivity contribution < 1.29 is 0 Å². The summed E-state index contributed by atoms with van der Waals surface area (Å²) in [5, 5.41) is 4.95. The quantitative estimate of drug-likeness (QED) is 0.513. The summed E-state index contributed by atoms with van der Waals surface area (Å²) in [5.41, 5.74) is 0. The molecule has 0 nitrogen and oxygen atoms in total. The van der Waals surface area contributed by atoms with Crippen LogP contribution in [0.2, 0.25) is 11.6 Å². The van der Waals surface area contributed by atoms with Gasteiger partial charge in [-0.05, 0) is 27.7 Å². The summed E-state index contributed by atoms with van der Waals surface area (Å²) in [6.45, 7) is 2.39. The second-order valence-electron chi connectivity index (χ2n) is 5.37. The third kappa shape index (κ3) is 2.67. The van der Waals surface area contributed by atoms with Crippen molar-refractivity contribution in [3.63, 3.8) is 0 Å². The van der Waals surface area contributed by atoms with E-state index in [0.29, 0.717) is 0 Å². The van der Waals surface area contributed by atoms with Crippen molar-refractivity contribution in [2.24, 2.45) is 0 Å². The fourth-order valence-electron chi connectivity index (χ4n) is 2.84. The van der Waals surface area contributed by atoms with Gasteiger partial charge in [0.25, 0.3) is 0 Å². The third-order valence-electron chi connectivity index (χ3n) is 4.10. The van der Waals surface area contributed by atoms with Gasteiger partial charge in [-0.3, -0.25) is 0 Å². The molecule has 0 amide bonds. The Morgan fingerprint density at radius 1 is 0.619 bits per heavy atom. The van der Waals surface area contributed by atoms with Gasteiger partial charge < -0.3 is 0 Å². The molecular formula is C19H17ClSi. The number of rotatable bonds is 3. The van der Waals surface area contributed by atoms with E-state index in [4.69, 9.17) is 11.6 Å². The van der Waals surface area contributed by atoms with Crippen LogP contribution in [0.5, 0.6) is 0 Å². The molecule has 0 bridgehead atoms. The Hall–Kier alpha value is -1.83. The molecule has 0 heterocycles. The molecule has 0 fully saturated rings. The lowest BCUT2D eigenvalue weighted by Crippen LogP contribution is -2.64. The largest absolute Gasteiger partial charge is 0.145 e. The number of benzene rings is 3. The molecule has 0 spiro atoms. The molecule has 0 saturated heterocycles. The van der Waals surface area contributed by atoms with Crippen LogP contribution < -0.4 is 15.6 Å². The van der Waals surface area contributed by atoms with Gasteiger partial charge in [0, 0.05) is 5.02 Å². The molecule has 3 aromatic rings. The van der Waals surface area contributed by atoms with E-state index in [1.807, 2.05) is 6.07 Å². The minimum Gasteiger partial charge on any atom is -0.0843 e. The highest BCUT2D eigenvalue weighted by atomic mass is 35.5. The monoisotopic (exact) mass is 308 g/mol. The van der Waals surface area contributed by atoms with Crippen LogP contribution in [0, 0.1) is 0 Å². The summed E-state index contributed by atoms with van der Waals surface area (Å²) in [5.74, 6) is 0. The van der Waals surface area contributed by atoms with Crippen LogP contribution in [-0.4, -0.2) is 8.07 Å². The molecule has 104 valence electrons. The number of hydrogen-bond donors (Lipinski definition) is 0. The van der Waals surface area contributed by atoms with Crippen LogP contribution in [0.25, 0.3) is 0 Å². The maximum absolute atomic E-state index is 6.25. The molecule has 0 saturated carbocycles. The summed E-state index contributed by atoms with van der Waals surface area (Å²) < 4.78 is 0. The lowest BCUT2D eigenvalue weighted by Gasteiger charge is -2.29. The summed E-state index contributed by atoms with van der Waals surface area (Å²) in [6, 6.07) is 29.9. The van der Waals surface area contributed by atoms with E-state index in [2.05, 4.69) is 85.4 Å². The Balaban J connectivity index is 2.25. The van der Waals surface area contributed by atoms with E-state index in [1.165, 1.54) is 15.6 Å². The van der Waals surface area contributed by atoms with Crippen molar-refractivity contribution in [2.45, 2.75) is 6.55 Å². The minimum absolute atomic E-state index is 0.804. The van der Waals surface area contributed by atoms with E-state index >= 15 is 0 Å². The first-order valence-electron chi connectivity index (χ1n) is 7.08. The lowest BCUT2D eigenvalue weighted by atomic mass is 10.3. The molecule has 0 unspecified atom stereocenters. The molecule has 2 heteroatoms. The molecule has 0 radical (unpaired) electrons. The SMILES string of the molecule is C[Si](c1ccccc1)(c1ccccc1)c1cccc(Cl)c1. The van der Waals surface area contributed by atoms with Crippen LogP contribution in [0.4, 0.5) is 0 Å². The van der Waals surface area contributed by atoms with Crippen molar-refractivity contribution >= 4 is 35.2 Å². The van der Waals surface area contributed by atoms with Gasteiger partial charge in [0.1, 0.15) is 8.07 Å². The Labute approximate surface area is 132 Å². The standard InChI is InChI=1S/C19H17ClSi/c1-21(17-10-4-2-5-11-17,18-12-6-3-7-13-18)19-14-8-9-16(20)15-19/h2-15H,1H3. The van der Waals surface area contributed by atoms with Gasteiger partial charge in [-0.2, -0.15) is 0 Å². The number of hydrogen-bond acceptors (Lipinski definition) is 0. The Morgan fingerprint density at radius 3 is 1.57 bits per heavy atom. The maximum atomic E-state index is 6.25. The molecule has 3 rings (SSSR count). The van der Waals surface area contributed by atoms with Gasteiger partial charge in [-0.25, -0.2) is 0 Å².